The van der Waals surface area contributed by atoms with E-state index in [9.17, 15) is 4.79 Å². The molecule has 0 N–H and O–H groups in total. The second-order valence-corrected chi connectivity index (χ2v) is 5.84. The molecule has 0 spiro atoms. The fourth-order valence-electron chi connectivity index (χ4n) is 2.42. The average molecular weight is 352 g/mol. The standard InChI is InChI=1S/C19H20N4O3/c1-23(12-9-14-7-10-20-11-8-14)18(24)13-17-21-19(22-26-17)15-3-5-16(25-2)6-4-15/h3-8,10-11H,9,12-13H2,1-2H3. The van der Waals surface area contributed by atoms with Crippen LogP contribution in [0.1, 0.15) is 11.5 Å². The molecule has 0 saturated carbocycles. The van der Waals surface area contributed by atoms with Crippen molar-refractivity contribution in [3.8, 4) is 17.1 Å². The third-order valence-electron chi connectivity index (χ3n) is 4.03. The summed E-state index contributed by atoms with van der Waals surface area (Å²) in [4.78, 5) is 22.3. The Balaban J connectivity index is 1.56. The van der Waals surface area contributed by atoms with Crippen molar-refractivity contribution in [2.45, 2.75) is 12.8 Å². The summed E-state index contributed by atoms with van der Waals surface area (Å²) in [6.07, 6.45) is 4.34. The summed E-state index contributed by atoms with van der Waals surface area (Å²) >= 11 is 0. The summed E-state index contributed by atoms with van der Waals surface area (Å²) in [5.41, 5.74) is 1.94. The van der Waals surface area contributed by atoms with Gasteiger partial charge in [0, 0.05) is 31.5 Å². The number of benzene rings is 1. The first-order chi connectivity index (χ1) is 12.7. The fraction of sp³-hybridized carbons (Fsp3) is 0.263. The fourth-order valence-corrected chi connectivity index (χ4v) is 2.42. The van der Waals surface area contributed by atoms with Gasteiger partial charge in [0.1, 0.15) is 12.2 Å². The molecule has 0 radical (unpaired) electrons. The van der Waals surface area contributed by atoms with Crippen molar-refractivity contribution >= 4 is 5.91 Å². The van der Waals surface area contributed by atoms with Crippen LogP contribution in [0.2, 0.25) is 0 Å². The maximum Gasteiger partial charge on any atom is 0.236 e. The van der Waals surface area contributed by atoms with Crippen LogP contribution in [0.3, 0.4) is 0 Å². The SMILES string of the molecule is COc1ccc(-c2noc(CC(=O)N(C)CCc3ccncc3)n2)cc1. The number of aromatic nitrogens is 3. The van der Waals surface area contributed by atoms with Crippen LogP contribution < -0.4 is 4.74 Å². The largest absolute Gasteiger partial charge is 0.497 e. The molecule has 0 unspecified atom stereocenters. The molecule has 0 aliphatic rings. The van der Waals surface area contributed by atoms with Crippen molar-refractivity contribution < 1.29 is 14.1 Å². The van der Waals surface area contributed by atoms with Crippen molar-refractivity contribution in [2.75, 3.05) is 20.7 Å². The van der Waals surface area contributed by atoms with Crippen molar-refractivity contribution in [3.63, 3.8) is 0 Å². The zero-order chi connectivity index (χ0) is 18.4. The molecular formula is C19H20N4O3. The minimum absolute atomic E-state index is 0.0658. The molecule has 0 aliphatic carbocycles. The number of amides is 1. The van der Waals surface area contributed by atoms with Gasteiger partial charge < -0.3 is 14.2 Å². The molecule has 0 saturated heterocycles. The average Bonchev–Trinajstić information content (AvgIpc) is 3.15. The first kappa shape index (κ1) is 17.6. The Morgan fingerprint density at radius 2 is 1.88 bits per heavy atom. The number of likely N-dealkylation sites (N-methyl/N-ethyl adjacent to an activating group) is 1. The molecule has 0 atom stereocenters. The summed E-state index contributed by atoms with van der Waals surface area (Å²) in [7, 11) is 3.38. The van der Waals surface area contributed by atoms with E-state index in [1.807, 2.05) is 36.4 Å². The molecule has 1 aromatic carbocycles. The van der Waals surface area contributed by atoms with E-state index < -0.39 is 0 Å². The molecule has 1 amide bonds. The Morgan fingerprint density at radius 3 is 2.58 bits per heavy atom. The lowest BCUT2D eigenvalue weighted by Gasteiger charge is -2.15. The highest BCUT2D eigenvalue weighted by molar-refractivity contribution is 5.77. The van der Waals surface area contributed by atoms with Crippen LogP contribution in [-0.2, 0) is 17.6 Å². The van der Waals surface area contributed by atoms with Crippen LogP contribution in [0, 0.1) is 0 Å². The highest BCUT2D eigenvalue weighted by atomic mass is 16.5. The van der Waals surface area contributed by atoms with Gasteiger partial charge in [-0.2, -0.15) is 4.98 Å². The summed E-state index contributed by atoms with van der Waals surface area (Å²) < 4.78 is 10.3. The number of hydrogen-bond donors (Lipinski definition) is 0. The Hall–Kier alpha value is -3.22. The second-order valence-electron chi connectivity index (χ2n) is 5.84. The number of pyridine rings is 1. The number of hydrogen-bond acceptors (Lipinski definition) is 6. The summed E-state index contributed by atoms with van der Waals surface area (Å²) in [6.45, 7) is 0.613. The van der Waals surface area contributed by atoms with Gasteiger partial charge in [-0.05, 0) is 48.4 Å². The number of methoxy groups -OCH3 is 1. The molecule has 26 heavy (non-hydrogen) atoms. The molecule has 2 aromatic heterocycles. The highest BCUT2D eigenvalue weighted by Crippen LogP contribution is 2.19. The van der Waals surface area contributed by atoms with Gasteiger partial charge in [-0.1, -0.05) is 5.16 Å². The Bertz CT molecular complexity index is 847. The van der Waals surface area contributed by atoms with Crippen LogP contribution in [0.4, 0.5) is 0 Å². The molecule has 7 heteroatoms. The Morgan fingerprint density at radius 1 is 1.15 bits per heavy atom. The molecular weight excluding hydrogens is 332 g/mol. The summed E-state index contributed by atoms with van der Waals surface area (Å²) in [5, 5.41) is 3.94. The lowest BCUT2D eigenvalue weighted by Crippen LogP contribution is -2.30. The van der Waals surface area contributed by atoms with E-state index in [2.05, 4.69) is 15.1 Å². The number of carbonyl (C=O) groups excluding carboxylic acids is 1. The van der Waals surface area contributed by atoms with Crippen LogP contribution in [-0.4, -0.2) is 46.6 Å². The minimum Gasteiger partial charge on any atom is -0.497 e. The predicted molar refractivity (Wildman–Crippen MR) is 95.6 cm³/mol. The molecule has 0 bridgehead atoms. The van der Waals surface area contributed by atoms with Gasteiger partial charge in [0.25, 0.3) is 0 Å². The number of nitrogens with zero attached hydrogens (tertiary/aromatic N) is 4. The zero-order valence-electron chi connectivity index (χ0n) is 14.8. The number of rotatable bonds is 7. The third-order valence-corrected chi connectivity index (χ3v) is 4.03. The van der Waals surface area contributed by atoms with Gasteiger partial charge in [-0.3, -0.25) is 9.78 Å². The molecule has 2 heterocycles. The summed E-state index contributed by atoms with van der Waals surface area (Å²) in [6, 6.07) is 11.2. The van der Waals surface area contributed by atoms with E-state index in [-0.39, 0.29) is 12.3 Å². The first-order valence-corrected chi connectivity index (χ1v) is 8.25. The van der Waals surface area contributed by atoms with Gasteiger partial charge in [-0.25, -0.2) is 0 Å². The highest BCUT2D eigenvalue weighted by Gasteiger charge is 2.15. The van der Waals surface area contributed by atoms with Gasteiger partial charge in [0.15, 0.2) is 0 Å². The van der Waals surface area contributed by atoms with E-state index in [1.54, 1.807) is 31.5 Å². The quantitative estimate of drug-likeness (QED) is 0.649. The topological polar surface area (TPSA) is 81.4 Å². The first-order valence-electron chi connectivity index (χ1n) is 8.25. The molecule has 0 fully saturated rings. The lowest BCUT2D eigenvalue weighted by atomic mass is 10.2. The van der Waals surface area contributed by atoms with Crippen LogP contribution in [0.25, 0.3) is 11.4 Å². The second kappa shape index (κ2) is 8.24. The van der Waals surface area contributed by atoms with Gasteiger partial charge >= 0.3 is 0 Å². The van der Waals surface area contributed by atoms with Crippen molar-refractivity contribution in [1.82, 2.24) is 20.0 Å². The maximum atomic E-state index is 12.3. The normalized spacial score (nSPS) is 10.5. The molecule has 0 aliphatic heterocycles. The van der Waals surface area contributed by atoms with E-state index in [1.165, 1.54) is 0 Å². The van der Waals surface area contributed by atoms with E-state index >= 15 is 0 Å². The van der Waals surface area contributed by atoms with Crippen LogP contribution in [0.15, 0.2) is 53.3 Å². The van der Waals surface area contributed by atoms with Gasteiger partial charge in [0.05, 0.1) is 7.11 Å². The smallest absolute Gasteiger partial charge is 0.236 e. The summed E-state index contributed by atoms with van der Waals surface area (Å²) in [5.74, 6) is 1.44. The van der Waals surface area contributed by atoms with Gasteiger partial charge in [-0.15, -0.1) is 0 Å². The molecule has 7 nitrogen and oxygen atoms in total. The van der Waals surface area contributed by atoms with Crippen molar-refractivity contribution in [2.24, 2.45) is 0 Å². The molecule has 3 rings (SSSR count). The monoisotopic (exact) mass is 352 g/mol. The van der Waals surface area contributed by atoms with Gasteiger partial charge in [0.2, 0.25) is 17.6 Å². The number of carbonyl (C=O) groups is 1. The van der Waals surface area contributed by atoms with E-state index in [4.69, 9.17) is 9.26 Å². The van der Waals surface area contributed by atoms with Crippen LogP contribution in [0.5, 0.6) is 5.75 Å². The Kier molecular flexibility index (Phi) is 5.58. The third kappa shape index (κ3) is 4.44. The zero-order valence-corrected chi connectivity index (χ0v) is 14.8. The minimum atomic E-state index is -0.0658. The molecule has 3 aromatic rings. The Labute approximate surface area is 151 Å². The van der Waals surface area contributed by atoms with E-state index in [0.717, 1.165) is 23.3 Å². The molecule has 134 valence electrons. The van der Waals surface area contributed by atoms with E-state index in [0.29, 0.717) is 18.3 Å². The maximum absolute atomic E-state index is 12.3. The predicted octanol–water partition coefficient (Wildman–Crippen LogP) is 2.38. The van der Waals surface area contributed by atoms with Crippen molar-refractivity contribution in [1.29, 1.82) is 0 Å². The van der Waals surface area contributed by atoms with Crippen LogP contribution >= 0.6 is 0 Å². The lowest BCUT2D eigenvalue weighted by molar-refractivity contribution is -0.129. The number of ether oxygens (including phenoxy) is 1. The van der Waals surface area contributed by atoms with Crippen molar-refractivity contribution in [3.05, 3.63) is 60.2 Å².